The third-order valence-corrected chi connectivity index (χ3v) is 3.18. The molecule has 4 N–H and O–H groups in total. The van der Waals surface area contributed by atoms with Crippen molar-refractivity contribution in [2.75, 3.05) is 6.54 Å². The molecule has 2 amide bonds. The molecule has 2 aromatic rings. The molecule has 1 aliphatic rings. The molecule has 1 fully saturated rings. The number of carbonyl (C=O) groups excluding carboxylic acids is 2. The lowest BCUT2D eigenvalue weighted by Crippen LogP contribution is -2.33. The Hall–Kier alpha value is -2.14. The molecule has 0 bridgehead atoms. The fourth-order valence-corrected chi connectivity index (χ4v) is 2.18. The molecule has 0 aliphatic carbocycles. The minimum atomic E-state index is -0.138. The number of hydrogen-bond donors (Lipinski definition) is 3. The quantitative estimate of drug-likeness (QED) is 0.724. The third kappa shape index (κ3) is 3.68. The number of H-pyrrole nitrogens is 1. The molecule has 5 heteroatoms. The molecule has 1 aliphatic heterocycles. The Kier molecular flexibility index (Phi) is 4.90. The highest BCUT2D eigenvalue weighted by Crippen LogP contribution is 2.17. The summed E-state index contributed by atoms with van der Waals surface area (Å²) in [5.74, 6) is -0.275. The van der Waals surface area contributed by atoms with Crippen molar-refractivity contribution in [1.82, 2.24) is 10.3 Å². The summed E-state index contributed by atoms with van der Waals surface area (Å²) in [6.07, 6.45) is 4.71. The molecule has 0 radical (unpaired) electrons. The number of hydrogen-bond acceptors (Lipinski definition) is 3. The fourth-order valence-electron chi connectivity index (χ4n) is 2.18. The maximum atomic E-state index is 10.3. The highest BCUT2D eigenvalue weighted by molar-refractivity contribution is 5.97. The molecular formula is C15H19N3O2. The van der Waals surface area contributed by atoms with Gasteiger partial charge < -0.3 is 10.7 Å². The van der Waals surface area contributed by atoms with E-state index in [9.17, 15) is 9.59 Å². The molecule has 106 valence electrons. The maximum absolute atomic E-state index is 10.3. The number of rotatable bonds is 2. The summed E-state index contributed by atoms with van der Waals surface area (Å²) in [5, 5.41) is 3.50. The van der Waals surface area contributed by atoms with Crippen molar-refractivity contribution in [1.29, 1.82) is 0 Å². The SMILES string of the molecule is NCCc1c[nH]c2ccccc12.O=C1CCCC(=O)N1. The van der Waals surface area contributed by atoms with Crippen molar-refractivity contribution < 1.29 is 9.59 Å². The maximum Gasteiger partial charge on any atom is 0.226 e. The molecule has 5 nitrogen and oxygen atoms in total. The zero-order chi connectivity index (χ0) is 14.4. The van der Waals surface area contributed by atoms with Crippen LogP contribution in [0.15, 0.2) is 30.5 Å². The van der Waals surface area contributed by atoms with E-state index in [1.807, 2.05) is 12.3 Å². The van der Waals surface area contributed by atoms with Crippen LogP contribution < -0.4 is 11.1 Å². The first-order valence-corrected chi connectivity index (χ1v) is 6.78. The van der Waals surface area contributed by atoms with Crippen LogP contribution in [-0.4, -0.2) is 23.3 Å². The summed E-state index contributed by atoms with van der Waals surface area (Å²) in [6, 6.07) is 8.29. The number of benzene rings is 1. The summed E-state index contributed by atoms with van der Waals surface area (Å²) in [6.45, 7) is 0.710. The predicted molar refractivity (Wildman–Crippen MR) is 78.1 cm³/mol. The Morgan fingerprint density at radius 2 is 1.80 bits per heavy atom. The van der Waals surface area contributed by atoms with Crippen LogP contribution >= 0.6 is 0 Å². The second-order valence-electron chi connectivity index (χ2n) is 4.72. The van der Waals surface area contributed by atoms with E-state index in [0.29, 0.717) is 25.8 Å². The highest BCUT2D eigenvalue weighted by Gasteiger charge is 2.12. The van der Waals surface area contributed by atoms with Crippen molar-refractivity contribution in [2.45, 2.75) is 25.7 Å². The highest BCUT2D eigenvalue weighted by atomic mass is 16.2. The van der Waals surface area contributed by atoms with Gasteiger partial charge in [0.25, 0.3) is 0 Å². The van der Waals surface area contributed by atoms with Gasteiger partial charge in [0.15, 0.2) is 0 Å². The van der Waals surface area contributed by atoms with Crippen LogP contribution in [0.5, 0.6) is 0 Å². The standard InChI is InChI=1S/C10H12N2.C5H7NO2/c11-6-5-8-7-12-10-4-2-1-3-9(8)10;7-4-2-1-3-5(8)6-4/h1-4,7,12H,5-6,11H2;1-3H2,(H,6,7,8). The second kappa shape index (κ2) is 6.86. The smallest absolute Gasteiger partial charge is 0.226 e. The Morgan fingerprint density at radius 3 is 2.40 bits per heavy atom. The Balaban J connectivity index is 0.000000160. The zero-order valence-corrected chi connectivity index (χ0v) is 11.3. The molecule has 1 aromatic carbocycles. The van der Waals surface area contributed by atoms with Gasteiger partial charge in [0.05, 0.1) is 0 Å². The minimum absolute atomic E-state index is 0.138. The molecule has 1 saturated heterocycles. The number of nitrogens with two attached hydrogens (primary N) is 1. The lowest BCUT2D eigenvalue weighted by atomic mass is 10.1. The molecule has 0 atom stereocenters. The number of nitrogens with one attached hydrogen (secondary N) is 2. The van der Waals surface area contributed by atoms with Gasteiger partial charge in [-0.2, -0.15) is 0 Å². The fraction of sp³-hybridized carbons (Fsp3) is 0.333. The van der Waals surface area contributed by atoms with Crippen molar-refractivity contribution in [3.63, 3.8) is 0 Å². The van der Waals surface area contributed by atoms with Gasteiger partial charge in [-0.05, 0) is 31.0 Å². The van der Waals surface area contributed by atoms with Crippen LogP contribution in [0.4, 0.5) is 0 Å². The normalized spacial score (nSPS) is 14.7. The number of aromatic nitrogens is 1. The number of imide groups is 1. The summed E-state index contributed by atoms with van der Waals surface area (Å²) < 4.78 is 0. The van der Waals surface area contributed by atoms with Gasteiger partial charge in [-0.3, -0.25) is 14.9 Å². The zero-order valence-electron chi connectivity index (χ0n) is 11.3. The Morgan fingerprint density at radius 1 is 1.10 bits per heavy atom. The number of carbonyl (C=O) groups is 2. The van der Waals surface area contributed by atoms with Crippen molar-refractivity contribution in [3.8, 4) is 0 Å². The van der Waals surface area contributed by atoms with Gasteiger partial charge in [0, 0.05) is 29.9 Å². The van der Waals surface area contributed by atoms with Crippen molar-refractivity contribution in [2.24, 2.45) is 5.73 Å². The van der Waals surface area contributed by atoms with E-state index in [0.717, 1.165) is 6.42 Å². The lowest BCUT2D eigenvalue weighted by molar-refractivity contribution is -0.132. The van der Waals surface area contributed by atoms with E-state index in [1.165, 1.54) is 16.5 Å². The molecule has 20 heavy (non-hydrogen) atoms. The minimum Gasteiger partial charge on any atom is -0.361 e. The molecule has 0 spiro atoms. The van der Waals surface area contributed by atoms with Gasteiger partial charge >= 0.3 is 0 Å². The van der Waals surface area contributed by atoms with E-state index >= 15 is 0 Å². The van der Waals surface area contributed by atoms with E-state index in [4.69, 9.17) is 5.73 Å². The Bertz CT molecular complexity index is 590. The van der Waals surface area contributed by atoms with Crippen LogP contribution in [0.25, 0.3) is 10.9 Å². The van der Waals surface area contributed by atoms with Gasteiger partial charge in [-0.25, -0.2) is 0 Å². The number of fused-ring (bicyclic) bond motifs is 1. The van der Waals surface area contributed by atoms with E-state index < -0.39 is 0 Å². The van der Waals surface area contributed by atoms with E-state index in [1.54, 1.807) is 0 Å². The molecule has 1 aromatic heterocycles. The first-order chi connectivity index (χ1) is 9.70. The monoisotopic (exact) mass is 273 g/mol. The van der Waals surface area contributed by atoms with Crippen LogP contribution in [-0.2, 0) is 16.0 Å². The largest absolute Gasteiger partial charge is 0.361 e. The second-order valence-corrected chi connectivity index (χ2v) is 4.72. The number of piperidine rings is 1. The molecule has 0 unspecified atom stereocenters. The third-order valence-electron chi connectivity index (χ3n) is 3.18. The molecule has 2 heterocycles. The summed E-state index contributed by atoms with van der Waals surface area (Å²) >= 11 is 0. The van der Waals surface area contributed by atoms with Crippen molar-refractivity contribution in [3.05, 3.63) is 36.0 Å². The molecule has 0 saturated carbocycles. The molecular weight excluding hydrogens is 254 g/mol. The van der Waals surface area contributed by atoms with Crippen molar-refractivity contribution >= 4 is 22.7 Å². The number of para-hydroxylation sites is 1. The van der Waals surface area contributed by atoms with Crippen LogP contribution in [0.1, 0.15) is 24.8 Å². The van der Waals surface area contributed by atoms with Gasteiger partial charge in [-0.1, -0.05) is 18.2 Å². The average Bonchev–Trinajstić information content (AvgIpc) is 2.83. The van der Waals surface area contributed by atoms with Gasteiger partial charge in [-0.15, -0.1) is 0 Å². The van der Waals surface area contributed by atoms with Crippen LogP contribution in [0, 0.1) is 0 Å². The topological polar surface area (TPSA) is 88.0 Å². The molecule has 3 rings (SSSR count). The number of amides is 2. The van der Waals surface area contributed by atoms with E-state index in [2.05, 4.69) is 28.5 Å². The summed E-state index contributed by atoms with van der Waals surface area (Å²) in [5.41, 5.74) is 8.01. The first-order valence-electron chi connectivity index (χ1n) is 6.78. The number of aromatic amines is 1. The lowest BCUT2D eigenvalue weighted by Gasteiger charge is -2.07. The predicted octanol–water partition coefficient (Wildman–Crippen LogP) is 1.48. The van der Waals surface area contributed by atoms with Gasteiger partial charge in [0.1, 0.15) is 0 Å². The van der Waals surface area contributed by atoms with Gasteiger partial charge in [0.2, 0.25) is 11.8 Å². The average molecular weight is 273 g/mol. The Labute approximate surface area is 117 Å². The van der Waals surface area contributed by atoms with Crippen LogP contribution in [0.2, 0.25) is 0 Å². The van der Waals surface area contributed by atoms with E-state index in [-0.39, 0.29) is 11.8 Å². The van der Waals surface area contributed by atoms with Crippen LogP contribution in [0.3, 0.4) is 0 Å². The summed E-state index contributed by atoms with van der Waals surface area (Å²) in [4.78, 5) is 23.9. The first kappa shape index (κ1) is 14.3. The summed E-state index contributed by atoms with van der Waals surface area (Å²) in [7, 11) is 0.